The number of fused-ring (bicyclic) bond motifs is 1. The fraction of sp³-hybridized carbons (Fsp3) is 0.571. The third-order valence-corrected chi connectivity index (χ3v) is 5.96. The summed E-state index contributed by atoms with van der Waals surface area (Å²) >= 11 is 0. The first kappa shape index (κ1) is 19.8. The Kier molecular flexibility index (Phi) is 6.10. The summed E-state index contributed by atoms with van der Waals surface area (Å²) in [5.74, 6) is -0.763. The van der Waals surface area contributed by atoms with E-state index in [4.69, 9.17) is 0 Å². The molecule has 3 N–H and O–H groups in total. The van der Waals surface area contributed by atoms with Crippen molar-refractivity contribution in [1.29, 1.82) is 0 Å². The lowest BCUT2D eigenvalue weighted by Gasteiger charge is -2.29. The van der Waals surface area contributed by atoms with Crippen molar-refractivity contribution in [2.75, 3.05) is 44.6 Å². The molecule has 8 nitrogen and oxygen atoms in total. The molecule has 8 heteroatoms. The molecule has 0 radical (unpaired) electrons. The van der Waals surface area contributed by atoms with Crippen LogP contribution in [0.15, 0.2) is 18.2 Å². The Morgan fingerprint density at radius 2 is 1.93 bits per heavy atom. The van der Waals surface area contributed by atoms with Crippen molar-refractivity contribution in [3.05, 3.63) is 29.3 Å². The third-order valence-electron chi connectivity index (χ3n) is 5.96. The molecular formula is C21H29N5O3. The Bertz CT molecular complexity index is 791. The van der Waals surface area contributed by atoms with Gasteiger partial charge in [-0.3, -0.25) is 19.7 Å². The highest BCUT2D eigenvalue weighted by atomic mass is 16.2. The molecule has 1 aromatic rings. The van der Waals surface area contributed by atoms with Crippen LogP contribution in [0.25, 0.3) is 0 Å². The van der Waals surface area contributed by atoms with E-state index in [1.165, 1.54) is 6.42 Å². The van der Waals surface area contributed by atoms with Crippen LogP contribution in [0.5, 0.6) is 0 Å². The lowest BCUT2D eigenvalue weighted by molar-refractivity contribution is -0.136. The van der Waals surface area contributed by atoms with Crippen molar-refractivity contribution in [1.82, 2.24) is 20.4 Å². The molecule has 4 rings (SSSR count). The summed E-state index contributed by atoms with van der Waals surface area (Å²) in [5.41, 5.74) is 2.59. The van der Waals surface area contributed by atoms with Gasteiger partial charge in [0.05, 0.1) is 0 Å². The summed E-state index contributed by atoms with van der Waals surface area (Å²) in [4.78, 5) is 40.3. The van der Waals surface area contributed by atoms with Gasteiger partial charge in [0, 0.05) is 56.9 Å². The molecule has 0 bridgehead atoms. The van der Waals surface area contributed by atoms with Gasteiger partial charge in [0.25, 0.3) is 5.91 Å². The fourth-order valence-corrected chi connectivity index (χ4v) is 4.31. The highest BCUT2D eigenvalue weighted by molar-refractivity contribution is 6.05. The summed E-state index contributed by atoms with van der Waals surface area (Å²) in [7, 11) is 0. The van der Waals surface area contributed by atoms with E-state index in [1.807, 2.05) is 18.2 Å². The van der Waals surface area contributed by atoms with E-state index in [1.54, 1.807) is 4.90 Å². The van der Waals surface area contributed by atoms with Crippen LogP contribution in [0, 0.1) is 0 Å². The predicted octanol–water partition coefficient (Wildman–Crippen LogP) is 0.545. The van der Waals surface area contributed by atoms with Gasteiger partial charge >= 0.3 is 0 Å². The zero-order valence-electron chi connectivity index (χ0n) is 16.7. The Morgan fingerprint density at radius 1 is 1.10 bits per heavy atom. The number of nitrogens with zero attached hydrogens (tertiary/aromatic N) is 2. The maximum atomic E-state index is 12.7. The van der Waals surface area contributed by atoms with E-state index in [0.717, 1.165) is 56.9 Å². The van der Waals surface area contributed by atoms with E-state index < -0.39 is 6.04 Å². The number of rotatable bonds is 7. The molecule has 1 aromatic carbocycles. The summed E-state index contributed by atoms with van der Waals surface area (Å²) in [6.45, 7) is 6.90. The molecule has 0 spiro atoms. The molecule has 0 saturated carbocycles. The average molecular weight is 399 g/mol. The summed E-state index contributed by atoms with van der Waals surface area (Å²) in [5, 5.41) is 9.16. The Labute approximate surface area is 171 Å². The van der Waals surface area contributed by atoms with E-state index in [9.17, 15) is 14.4 Å². The molecule has 0 aromatic heterocycles. The quantitative estimate of drug-likeness (QED) is 0.458. The minimum Gasteiger partial charge on any atom is -0.385 e. The topological polar surface area (TPSA) is 93.8 Å². The van der Waals surface area contributed by atoms with Gasteiger partial charge in [-0.1, -0.05) is 0 Å². The first-order valence-corrected chi connectivity index (χ1v) is 10.6. The number of unbranched alkanes of at least 4 members (excludes halogenated alkanes) is 1. The molecule has 3 amide bonds. The minimum absolute atomic E-state index is 0.128. The molecule has 3 aliphatic rings. The van der Waals surface area contributed by atoms with Gasteiger partial charge in [-0.2, -0.15) is 0 Å². The molecule has 3 aliphatic heterocycles. The van der Waals surface area contributed by atoms with Gasteiger partial charge in [0.15, 0.2) is 0 Å². The predicted molar refractivity (Wildman–Crippen MR) is 110 cm³/mol. The number of carbonyl (C=O) groups excluding carboxylic acids is 3. The van der Waals surface area contributed by atoms with Crippen molar-refractivity contribution in [2.24, 2.45) is 0 Å². The van der Waals surface area contributed by atoms with Crippen LogP contribution in [0.2, 0.25) is 0 Å². The van der Waals surface area contributed by atoms with Crippen molar-refractivity contribution in [2.45, 2.75) is 38.3 Å². The van der Waals surface area contributed by atoms with E-state index in [0.29, 0.717) is 18.5 Å². The van der Waals surface area contributed by atoms with E-state index >= 15 is 0 Å². The van der Waals surface area contributed by atoms with Crippen molar-refractivity contribution >= 4 is 23.4 Å². The maximum Gasteiger partial charge on any atom is 0.255 e. The van der Waals surface area contributed by atoms with Crippen LogP contribution in [0.3, 0.4) is 0 Å². The fourth-order valence-electron chi connectivity index (χ4n) is 4.31. The molecular weight excluding hydrogens is 370 g/mol. The largest absolute Gasteiger partial charge is 0.385 e. The third kappa shape index (κ3) is 4.59. The maximum absolute atomic E-state index is 12.7. The van der Waals surface area contributed by atoms with Crippen molar-refractivity contribution in [3.8, 4) is 0 Å². The van der Waals surface area contributed by atoms with Crippen LogP contribution in [0.1, 0.15) is 41.6 Å². The molecule has 1 unspecified atom stereocenters. The van der Waals surface area contributed by atoms with Gasteiger partial charge in [0.1, 0.15) is 6.04 Å². The molecule has 0 aliphatic carbocycles. The standard InChI is InChI=1S/C21H29N5O3/c27-19-6-5-18(20(28)24-19)26-14-15-13-16(3-4-17(15)21(26)29)23-7-1-2-10-25-11-8-22-9-12-25/h3-4,13,18,22-23H,1-2,5-12,14H2,(H,24,27,28). The van der Waals surface area contributed by atoms with Gasteiger partial charge in [-0.15, -0.1) is 0 Å². The highest BCUT2D eigenvalue weighted by Crippen LogP contribution is 2.29. The second-order valence-electron chi connectivity index (χ2n) is 8.00. The minimum atomic E-state index is -0.561. The van der Waals surface area contributed by atoms with E-state index in [-0.39, 0.29) is 24.1 Å². The van der Waals surface area contributed by atoms with Crippen LogP contribution in [0.4, 0.5) is 5.69 Å². The van der Waals surface area contributed by atoms with Crippen LogP contribution < -0.4 is 16.0 Å². The Hall–Kier alpha value is -2.45. The van der Waals surface area contributed by atoms with Gasteiger partial charge < -0.3 is 20.4 Å². The highest BCUT2D eigenvalue weighted by Gasteiger charge is 2.39. The van der Waals surface area contributed by atoms with Crippen molar-refractivity contribution < 1.29 is 14.4 Å². The molecule has 1 atom stereocenters. The van der Waals surface area contributed by atoms with Gasteiger partial charge in [-0.25, -0.2) is 0 Å². The van der Waals surface area contributed by atoms with E-state index in [2.05, 4.69) is 20.9 Å². The number of amides is 3. The summed E-state index contributed by atoms with van der Waals surface area (Å²) < 4.78 is 0. The number of anilines is 1. The van der Waals surface area contributed by atoms with Crippen LogP contribution in [-0.2, 0) is 16.1 Å². The van der Waals surface area contributed by atoms with Crippen LogP contribution >= 0.6 is 0 Å². The second-order valence-corrected chi connectivity index (χ2v) is 8.00. The normalized spacial score (nSPS) is 22.6. The average Bonchev–Trinajstić information content (AvgIpc) is 3.04. The molecule has 2 saturated heterocycles. The SMILES string of the molecule is O=C1CCC(N2Cc3cc(NCCCCN4CCNCC4)ccc3C2=O)C(=O)N1. The number of piperazine rings is 1. The second kappa shape index (κ2) is 8.92. The number of hydrogen-bond acceptors (Lipinski definition) is 6. The number of piperidine rings is 1. The number of carbonyl (C=O) groups is 3. The molecule has 3 heterocycles. The zero-order valence-corrected chi connectivity index (χ0v) is 16.7. The lowest BCUT2D eigenvalue weighted by Crippen LogP contribution is -2.52. The summed E-state index contributed by atoms with van der Waals surface area (Å²) in [6, 6.07) is 5.22. The molecule has 29 heavy (non-hydrogen) atoms. The Balaban J connectivity index is 1.27. The van der Waals surface area contributed by atoms with Gasteiger partial charge in [0.2, 0.25) is 11.8 Å². The van der Waals surface area contributed by atoms with Crippen LogP contribution in [-0.4, -0.2) is 72.8 Å². The number of benzene rings is 1. The molecule has 2 fully saturated rings. The monoisotopic (exact) mass is 399 g/mol. The number of imide groups is 1. The Morgan fingerprint density at radius 3 is 2.72 bits per heavy atom. The summed E-state index contributed by atoms with van der Waals surface area (Å²) in [6.07, 6.45) is 2.93. The zero-order chi connectivity index (χ0) is 20.2. The smallest absolute Gasteiger partial charge is 0.255 e. The number of hydrogen-bond donors (Lipinski definition) is 3. The van der Waals surface area contributed by atoms with Crippen molar-refractivity contribution in [3.63, 3.8) is 0 Å². The van der Waals surface area contributed by atoms with Gasteiger partial charge in [-0.05, 0) is 49.6 Å². The molecule has 156 valence electrons. The first-order valence-electron chi connectivity index (χ1n) is 10.6. The lowest BCUT2D eigenvalue weighted by atomic mass is 10.0. The first-order chi connectivity index (χ1) is 14.1. The number of nitrogens with one attached hydrogen (secondary N) is 3.